The van der Waals surface area contributed by atoms with Gasteiger partial charge in [0.1, 0.15) is 22.7 Å². The van der Waals surface area contributed by atoms with Gasteiger partial charge in [-0.15, -0.1) is 11.3 Å². The summed E-state index contributed by atoms with van der Waals surface area (Å²) in [5, 5.41) is 15.9. The molecular formula is C14H13N3OS. The summed E-state index contributed by atoms with van der Waals surface area (Å²) >= 11 is 1.60. The number of phenolic OH excluding ortho intramolecular Hbond substituents is 1. The molecule has 4 nitrogen and oxygen atoms in total. The minimum absolute atomic E-state index is 0.0603. The standard InChI is InChI=1S/C14H13N3OS/c1-9(10-3-2-4-11(18)7-10)17-13-12-5-6-19-14(12)16-8-15-13/h2-9,18H,1H3,(H,15,16,17)/t9-/m1/s1. The molecule has 0 saturated heterocycles. The predicted octanol–water partition coefficient (Wildman–Crippen LogP) is 3.57. The molecule has 1 atom stereocenters. The number of fused-ring (bicyclic) bond motifs is 1. The van der Waals surface area contributed by atoms with E-state index < -0.39 is 0 Å². The van der Waals surface area contributed by atoms with Gasteiger partial charge in [0.2, 0.25) is 0 Å². The number of aromatic nitrogens is 2. The lowest BCUT2D eigenvalue weighted by molar-refractivity contribution is 0.474. The summed E-state index contributed by atoms with van der Waals surface area (Å²) < 4.78 is 0. The molecule has 96 valence electrons. The van der Waals surface area contributed by atoms with Crippen molar-refractivity contribution < 1.29 is 5.11 Å². The van der Waals surface area contributed by atoms with Crippen LogP contribution in [0.25, 0.3) is 10.2 Å². The molecule has 19 heavy (non-hydrogen) atoms. The minimum Gasteiger partial charge on any atom is -0.508 e. The van der Waals surface area contributed by atoms with Gasteiger partial charge in [-0.2, -0.15) is 0 Å². The largest absolute Gasteiger partial charge is 0.508 e. The topological polar surface area (TPSA) is 58.0 Å². The smallest absolute Gasteiger partial charge is 0.138 e. The number of phenols is 1. The van der Waals surface area contributed by atoms with Crippen molar-refractivity contribution in [1.29, 1.82) is 0 Å². The molecule has 0 spiro atoms. The van der Waals surface area contributed by atoms with Crippen LogP contribution < -0.4 is 5.32 Å². The van der Waals surface area contributed by atoms with Gasteiger partial charge in [0.05, 0.1) is 11.4 Å². The maximum atomic E-state index is 9.52. The van der Waals surface area contributed by atoms with Crippen molar-refractivity contribution in [3.8, 4) is 5.75 Å². The Kier molecular flexibility index (Phi) is 3.05. The van der Waals surface area contributed by atoms with Crippen LogP contribution in [0, 0.1) is 0 Å². The molecule has 0 fully saturated rings. The van der Waals surface area contributed by atoms with Crippen molar-refractivity contribution in [3.05, 3.63) is 47.6 Å². The second-order valence-corrected chi connectivity index (χ2v) is 5.22. The zero-order valence-electron chi connectivity index (χ0n) is 10.4. The predicted molar refractivity (Wildman–Crippen MR) is 77.6 cm³/mol. The summed E-state index contributed by atoms with van der Waals surface area (Å²) in [6.07, 6.45) is 1.57. The molecule has 2 heterocycles. The van der Waals surface area contributed by atoms with Crippen molar-refractivity contribution in [2.45, 2.75) is 13.0 Å². The summed E-state index contributed by atoms with van der Waals surface area (Å²) in [4.78, 5) is 9.49. The molecule has 3 rings (SSSR count). The lowest BCUT2D eigenvalue weighted by atomic mass is 10.1. The maximum absolute atomic E-state index is 9.52. The summed E-state index contributed by atoms with van der Waals surface area (Å²) in [6.45, 7) is 2.04. The molecule has 5 heteroatoms. The van der Waals surface area contributed by atoms with Crippen LogP contribution in [-0.4, -0.2) is 15.1 Å². The van der Waals surface area contributed by atoms with Crippen LogP contribution in [0.3, 0.4) is 0 Å². The van der Waals surface area contributed by atoms with Crippen molar-refractivity contribution in [2.75, 3.05) is 5.32 Å². The number of hydrogen-bond acceptors (Lipinski definition) is 5. The zero-order valence-corrected chi connectivity index (χ0v) is 11.2. The van der Waals surface area contributed by atoms with E-state index in [4.69, 9.17) is 0 Å². The number of hydrogen-bond donors (Lipinski definition) is 2. The zero-order chi connectivity index (χ0) is 13.2. The number of aromatic hydroxyl groups is 1. The Morgan fingerprint density at radius 2 is 2.16 bits per heavy atom. The Morgan fingerprint density at radius 3 is 3.00 bits per heavy atom. The van der Waals surface area contributed by atoms with E-state index in [9.17, 15) is 5.11 Å². The molecule has 3 aromatic rings. The second-order valence-electron chi connectivity index (χ2n) is 4.32. The highest BCUT2D eigenvalue weighted by Gasteiger charge is 2.10. The third-order valence-electron chi connectivity index (χ3n) is 2.99. The molecule has 0 aliphatic carbocycles. The first-order chi connectivity index (χ1) is 9.24. The van der Waals surface area contributed by atoms with E-state index in [1.165, 1.54) is 0 Å². The van der Waals surface area contributed by atoms with Crippen molar-refractivity contribution in [1.82, 2.24) is 9.97 Å². The molecule has 0 bridgehead atoms. The van der Waals surface area contributed by atoms with Gasteiger partial charge in [0, 0.05) is 0 Å². The molecular weight excluding hydrogens is 258 g/mol. The highest BCUT2D eigenvalue weighted by atomic mass is 32.1. The average molecular weight is 271 g/mol. The SMILES string of the molecule is C[C@@H](Nc1ncnc2sccc12)c1cccc(O)c1. The number of nitrogens with one attached hydrogen (secondary N) is 1. The maximum Gasteiger partial charge on any atom is 0.138 e. The molecule has 0 aliphatic heterocycles. The van der Waals surface area contributed by atoms with E-state index in [0.717, 1.165) is 21.6 Å². The van der Waals surface area contributed by atoms with E-state index in [1.54, 1.807) is 29.8 Å². The van der Waals surface area contributed by atoms with E-state index in [2.05, 4.69) is 15.3 Å². The van der Waals surface area contributed by atoms with E-state index in [0.29, 0.717) is 0 Å². The third-order valence-corrected chi connectivity index (χ3v) is 3.81. The Labute approximate surface area is 114 Å². The molecule has 0 radical (unpaired) electrons. The molecule has 2 N–H and O–H groups in total. The normalized spacial score (nSPS) is 12.5. The monoisotopic (exact) mass is 271 g/mol. The summed E-state index contributed by atoms with van der Waals surface area (Å²) in [5.41, 5.74) is 1.02. The molecule has 0 saturated carbocycles. The molecule has 0 amide bonds. The van der Waals surface area contributed by atoms with Gasteiger partial charge in [0.25, 0.3) is 0 Å². The van der Waals surface area contributed by atoms with Gasteiger partial charge in [0.15, 0.2) is 0 Å². The van der Waals surface area contributed by atoms with Crippen LogP contribution in [0.4, 0.5) is 5.82 Å². The number of anilines is 1. The van der Waals surface area contributed by atoms with Crippen molar-refractivity contribution in [2.24, 2.45) is 0 Å². The van der Waals surface area contributed by atoms with Gasteiger partial charge in [-0.05, 0) is 36.1 Å². The van der Waals surface area contributed by atoms with Crippen LogP contribution in [0.15, 0.2) is 42.0 Å². The fourth-order valence-electron chi connectivity index (χ4n) is 1.99. The molecule has 2 aromatic heterocycles. The first-order valence-corrected chi connectivity index (χ1v) is 6.85. The Balaban J connectivity index is 1.90. The van der Waals surface area contributed by atoms with Crippen LogP contribution >= 0.6 is 11.3 Å². The van der Waals surface area contributed by atoms with Gasteiger partial charge in [-0.1, -0.05) is 12.1 Å². The fraction of sp³-hybridized carbons (Fsp3) is 0.143. The van der Waals surface area contributed by atoms with Gasteiger partial charge in [-0.3, -0.25) is 0 Å². The van der Waals surface area contributed by atoms with Crippen molar-refractivity contribution in [3.63, 3.8) is 0 Å². The Morgan fingerprint density at radius 1 is 1.26 bits per heavy atom. The average Bonchev–Trinajstić information content (AvgIpc) is 2.88. The quantitative estimate of drug-likeness (QED) is 0.764. The minimum atomic E-state index is 0.0603. The van der Waals surface area contributed by atoms with Crippen LogP contribution in [0.5, 0.6) is 5.75 Å². The third kappa shape index (κ3) is 2.37. The highest BCUT2D eigenvalue weighted by molar-refractivity contribution is 7.16. The van der Waals surface area contributed by atoms with Crippen LogP contribution in [0.2, 0.25) is 0 Å². The number of nitrogens with zero attached hydrogens (tertiary/aromatic N) is 2. The fourth-order valence-corrected chi connectivity index (χ4v) is 2.72. The summed E-state index contributed by atoms with van der Waals surface area (Å²) in [6, 6.07) is 9.30. The number of benzene rings is 1. The van der Waals surface area contributed by atoms with Crippen molar-refractivity contribution >= 4 is 27.4 Å². The molecule has 0 unspecified atom stereocenters. The lowest BCUT2D eigenvalue weighted by Gasteiger charge is -2.15. The summed E-state index contributed by atoms with van der Waals surface area (Å²) in [7, 11) is 0. The second kappa shape index (κ2) is 4.85. The highest BCUT2D eigenvalue weighted by Crippen LogP contribution is 2.27. The van der Waals surface area contributed by atoms with Gasteiger partial charge in [-0.25, -0.2) is 9.97 Å². The first kappa shape index (κ1) is 11.9. The van der Waals surface area contributed by atoms with Gasteiger partial charge >= 0.3 is 0 Å². The Bertz CT molecular complexity index is 710. The lowest BCUT2D eigenvalue weighted by Crippen LogP contribution is -2.08. The first-order valence-electron chi connectivity index (χ1n) is 5.98. The molecule has 1 aromatic carbocycles. The molecule has 0 aliphatic rings. The number of rotatable bonds is 3. The van der Waals surface area contributed by atoms with Crippen LogP contribution in [-0.2, 0) is 0 Å². The number of thiophene rings is 1. The van der Waals surface area contributed by atoms with E-state index in [1.807, 2.05) is 30.5 Å². The van der Waals surface area contributed by atoms with E-state index >= 15 is 0 Å². The van der Waals surface area contributed by atoms with Crippen LogP contribution in [0.1, 0.15) is 18.5 Å². The summed E-state index contributed by atoms with van der Waals surface area (Å²) in [5.74, 6) is 1.09. The van der Waals surface area contributed by atoms with E-state index in [-0.39, 0.29) is 11.8 Å². The Hall–Kier alpha value is -2.14. The van der Waals surface area contributed by atoms with Gasteiger partial charge < -0.3 is 10.4 Å².